The minimum atomic E-state index is -0.224. The molecular formula is C24H26O4. The van der Waals surface area contributed by atoms with Gasteiger partial charge in [-0.2, -0.15) is 0 Å². The van der Waals surface area contributed by atoms with Crippen LogP contribution in [-0.2, 0) is 9.59 Å². The van der Waals surface area contributed by atoms with Gasteiger partial charge in [0.1, 0.15) is 11.5 Å². The molecule has 28 heavy (non-hydrogen) atoms. The Kier molecular flexibility index (Phi) is 6.64. The molecule has 1 aliphatic rings. The normalized spacial score (nSPS) is 16.2. The van der Waals surface area contributed by atoms with Crippen LogP contribution in [0.15, 0.2) is 54.6 Å². The van der Waals surface area contributed by atoms with Gasteiger partial charge in [-0.25, -0.2) is 0 Å². The Bertz CT molecular complexity index is 847. The second-order valence-corrected chi connectivity index (χ2v) is 6.94. The first-order valence-electron chi connectivity index (χ1n) is 9.91. The lowest BCUT2D eigenvalue weighted by Crippen LogP contribution is -2.06. The predicted molar refractivity (Wildman–Crippen MR) is 109 cm³/mol. The van der Waals surface area contributed by atoms with Crippen LogP contribution in [0.1, 0.15) is 63.0 Å². The second-order valence-electron chi connectivity index (χ2n) is 6.94. The molecule has 0 fully saturated rings. The Morgan fingerprint density at radius 3 is 1.93 bits per heavy atom. The van der Waals surface area contributed by atoms with Crippen LogP contribution >= 0.6 is 0 Å². The lowest BCUT2D eigenvalue weighted by atomic mass is 9.83. The number of esters is 2. The SMILES string of the molecule is CCC(=O)Oc1ccc(C2=CC(c3ccc(OC(=O)CC)cc3)CCC2)cc1. The number of hydrogen-bond donors (Lipinski definition) is 0. The number of carbonyl (C=O) groups is 2. The van der Waals surface area contributed by atoms with Crippen molar-refractivity contribution < 1.29 is 19.1 Å². The monoisotopic (exact) mass is 378 g/mol. The van der Waals surface area contributed by atoms with E-state index in [4.69, 9.17) is 9.47 Å². The van der Waals surface area contributed by atoms with Crippen molar-refractivity contribution in [1.82, 2.24) is 0 Å². The molecule has 0 N–H and O–H groups in total. The second kappa shape index (κ2) is 9.36. The van der Waals surface area contributed by atoms with Gasteiger partial charge in [-0.15, -0.1) is 0 Å². The fraction of sp³-hybridized carbons (Fsp3) is 0.333. The fourth-order valence-electron chi connectivity index (χ4n) is 3.35. The van der Waals surface area contributed by atoms with Crippen molar-refractivity contribution in [1.29, 1.82) is 0 Å². The summed E-state index contributed by atoms with van der Waals surface area (Å²) in [5.74, 6) is 1.07. The van der Waals surface area contributed by atoms with Crippen molar-refractivity contribution in [3.8, 4) is 11.5 Å². The first-order valence-corrected chi connectivity index (χ1v) is 9.91. The minimum Gasteiger partial charge on any atom is -0.427 e. The lowest BCUT2D eigenvalue weighted by molar-refractivity contribution is -0.134. The molecule has 2 aromatic rings. The van der Waals surface area contributed by atoms with Crippen LogP contribution in [0.25, 0.3) is 5.57 Å². The van der Waals surface area contributed by atoms with E-state index in [1.165, 1.54) is 11.1 Å². The van der Waals surface area contributed by atoms with Crippen LogP contribution in [0.3, 0.4) is 0 Å². The highest BCUT2D eigenvalue weighted by molar-refractivity contribution is 5.73. The molecule has 1 aliphatic carbocycles. The molecule has 0 aliphatic heterocycles. The van der Waals surface area contributed by atoms with Crippen molar-refractivity contribution in [2.45, 2.75) is 51.9 Å². The summed E-state index contributed by atoms with van der Waals surface area (Å²) in [4.78, 5) is 22.8. The van der Waals surface area contributed by atoms with Crippen LogP contribution < -0.4 is 9.47 Å². The van der Waals surface area contributed by atoms with Crippen molar-refractivity contribution in [3.05, 3.63) is 65.7 Å². The van der Waals surface area contributed by atoms with Gasteiger partial charge in [-0.3, -0.25) is 9.59 Å². The van der Waals surface area contributed by atoms with Gasteiger partial charge in [0.2, 0.25) is 0 Å². The van der Waals surface area contributed by atoms with Crippen molar-refractivity contribution >= 4 is 17.5 Å². The molecule has 0 heterocycles. The Hall–Kier alpha value is -2.88. The zero-order chi connectivity index (χ0) is 19.9. The Balaban J connectivity index is 1.72. The molecule has 0 radical (unpaired) electrons. The van der Waals surface area contributed by atoms with Crippen LogP contribution in [-0.4, -0.2) is 11.9 Å². The number of benzene rings is 2. The van der Waals surface area contributed by atoms with E-state index in [1.807, 2.05) is 48.5 Å². The molecule has 1 unspecified atom stereocenters. The highest BCUT2D eigenvalue weighted by Crippen LogP contribution is 2.36. The third-order valence-corrected chi connectivity index (χ3v) is 4.94. The number of carbonyl (C=O) groups excluding carboxylic acids is 2. The minimum absolute atomic E-state index is 0.222. The molecule has 4 nitrogen and oxygen atoms in total. The molecule has 0 saturated heterocycles. The maximum Gasteiger partial charge on any atom is 0.310 e. The number of ether oxygens (including phenoxy) is 2. The highest BCUT2D eigenvalue weighted by atomic mass is 16.5. The third-order valence-electron chi connectivity index (χ3n) is 4.94. The Morgan fingerprint density at radius 1 is 0.857 bits per heavy atom. The summed E-state index contributed by atoms with van der Waals surface area (Å²) in [5, 5.41) is 0. The number of hydrogen-bond acceptors (Lipinski definition) is 4. The van der Waals surface area contributed by atoms with Gasteiger partial charge >= 0.3 is 11.9 Å². The summed E-state index contributed by atoms with van der Waals surface area (Å²) in [5.41, 5.74) is 3.70. The van der Waals surface area contributed by atoms with Gasteiger partial charge in [-0.1, -0.05) is 44.2 Å². The topological polar surface area (TPSA) is 52.6 Å². The van der Waals surface area contributed by atoms with Gasteiger partial charge in [0.15, 0.2) is 0 Å². The van der Waals surface area contributed by atoms with Crippen LogP contribution in [0.4, 0.5) is 0 Å². The van der Waals surface area contributed by atoms with Crippen LogP contribution in [0, 0.1) is 0 Å². The maximum atomic E-state index is 11.4. The van der Waals surface area contributed by atoms with Gasteiger partial charge < -0.3 is 9.47 Å². The van der Waals surface area contributed by atoms with Crippen molar-refractivity contribution in [2.24, 2.45) is 0 Å². The standard InChI is InChI=1S/C24H26O4/c1-3-23(25)27-21-12-8-17(9-13-21)19-6-5-7-20(16-19)18-10-14-22(15-11-18)28-24(26)4-2/h8-16,19H,3-7H2,1-2H3. The Labute approximate surface area is 166 Å². The largest absolute Gasteiger partial charge is 0.427 e. The molecular weight excluding hydrogens is 352 g/mol. The van der Waals surface area contributed by atoms with E-state index in [0.717, 1.165) is 24.8 Å². The summed E-state index contributed by atoms with van der Waals surface area (Å²) in [6.45, 7) is 3.56. The zero-order valence-corrected chi connectivity index (χ0v) is 16.4. The first kappa shape index (κ1) is 19.9. The molecule has 2 aromatic carbocycles. The lowest BCUT2D eigenvalue weighted by Gasteiger charge is -2.22. The quantitative estimate of drug-likeness (QED) is 0.480. The molecule has 3 rings (SSSR count). The molecule has 146 valence electrons. The summed E-state index contributed by atoms with van der Waals surface area (Å²) >= 11 is 0. The highest BCUT2D eigenvalue weighted by Gasteiger charge is 2.17. The van der Waals surface area contributed by atoms with E-state index in [9.17, 15) is 9.59 Å². The summed E-state index contributed by atoms with van der Waals surface area (Å²) in [7, 11) is 0. The third kappa shape index (κ3) is 5.10. The van der Waals surface area contributed by atoms with E-state index in [0.29, 0.717) is 30.3 Å². The fourth-order valence-corrected chi connectivity index (χ4v) is 3.35. The molecule has 0 saturated carbocycles. The molecule has 0 amide bonds. The van der Waals surface area contributed by atoms with Gasteiger partial charge in [0, 0.05) is 18.8 Å². The summed E-state index contributed by atoms with van der Waals surface area (Å²) in [6, 6.07) is 15.5. The summed E-state index contributed by atoms with van der Waals surface area (Å²) in [6.07, 6.45) is 6.32. The van der Waals surface area contributed by atoms with E-state index in [-0.39, 0.29) is 11.9 Å². The number of rotatable bonds is 6. The number of allylic oxidation sites excluding steroid dienone is 2. The van der Waals surface area contributed by atoms with Crippen LogP contribution in [0.2, 0.25) is 0 Å². The van der Waals surface area contributed by atoms with Gasteiger partial charge in [-0.05, 0) is 60.2 Å². The van der Waals surface area contributed by atoms with E-state index in [1.54, 1.807) is 13.8 Å². The smallest absolute Gasteiger partial charge is 0.310 e. The Morgan fingerprint density at radius 2 is 1.39 bits per heavy atom. The van der Waals surface area contributed by atoms with E-state index >= 15 is 0 Å². The van der Waals surface area contributed by atoms with Crippen LogP contribution in [0.5, 0.6) is 11.5 Å². The van der Waals surface area contributed by atoms with E-state index < -0.39 is 0 Å². The average Bonchev–Trinajstić information content (AvgIpc) is 2.74. The zero-order valence-electron chi connectivity index (χ0n) is 16.4. The maximum absolute atomic E-state index is 11.4. The molecule has 0 aromatic heterocycles. The molecule has 4 heteroatoms. The van der Waals surface area contributed by atoms with Crippen molar-refractivity contribution in [2.75, 3.05) is 0 Å². The average molecular weight is 378 g/mol. The van der Waals surface area contributed by atoms with Crippen molar-refractivity contribution in [3.63, 3.8) is 0 Å². The van der Waals surface area contributed by atoms with Gasteiger partial charge in [0.05, 0.1) is 0 Å². The van der Waals surface area contributed by atoms with E-state index in [2.05, 4.69) is 6.08 Å². The summed E-state index contributed by atoms with van der Waals surface area (Å²) < 4.78 is 10.5. The molecule has 0 bridgehead atoms. The molecule has 0 spiro atoms. The first-order chi connectivity index (χ1) is 13.6. The molecule has 1 atom stereocenters. The predicted octanol–water partition coefficient (Wildman–Crippen LogP) is 5.67. The van der Waals surface area contributed by atoms with Gasteiger partial charge in [0.25, 0.3) is 0 Å².